The van der Waals surface area contributed by atoms with Gasteiger partial charge in [-0.05, 0) is 53.9 Å². The van der Waals surface area contributed by atoms with Gasteiger partial charge in [0.2, 0.25) is 5.78 Å². The molecule has 41 heavy (non-hydrogen) atoms. The molecule has 5 aromatic rings. The molecule has 5 rings (SSSR count). The first-order valence-corrected chi connectivity index (χ1v) is 12.4. The molecule has 0 radical (unpaired) electrons. The van der Waals surface area contributed by atoms with Gasteiger partial charge in [-0.1, -0.05) is 0 Å². The molecule has 0 atom stereocenters. The number of aromatic nitrogens is 2. The number of carbonyl (C=O) groups excluding carboxylic acids is 1. The van der Waals surface area contributed by atoms with E-state index in [1.165, 1.54) is 24.3 Å². The van der Waals surface area contributed by atoms with Gasteiger partial charge in [0.25, 0.3) is 11.5 Å². The molecule has 0 aliphatic carbocycles. The number of fused-ring (bicyclic) bond motifs is 3. The number of pyridine rings is 1. The van der Waals surface area contributed by atoms with Crippen LogP contribution >= 0.6 is 0 Å². The Balaban J connectivity index is 0.00000387. The molecule has 2 aromatic heterocycles. The van der Waals surface area contributed by atoms with E-state index in [4.69, 9.17) is 18.9 Å². The number of nitro groups is 1. The van der Waals surface area contributed by atoms with Crippen LogP contribution in [0.25, 0.3) is 27.5 Å². The zero-order valence-electron chi connectivity index (χ0n) is 23.1. The van der Waals surface area contributed by atoms with Crippen molar-refractivity contribution in [1.82, 2.24) is 4.40 Å². The third-order valence-electron chi connectivity index (χ3n) is 7.05. The summed E-state index contributed by atoms with van der Waals surface area (Å²) in [7, 11) is 6.33. The topological polar surface area (TPSA) is 105 Å². The highest BCUT2D eigenvalue weighted by molar-refractivity contribution is 6.03. The number of methoxy groups -OCH3 is 4. The largest absolute Gasteiger partial charge is 1.00 e. The molecule has 11 heteroatoms. The molecule has 0 aliphatic heterocycles. The highest BCUT2D eigenvalue weighted by Crippen LogP contribution is 2.39. The third-order valence-corrected chi connectivity index (χ3v) is 7.05. The third kappa shape index (κ3) is 5.16. The number of nitrogens with zero attached hydrogens (tertiary/aromatic N) is 3. The molecule has 0 bridgehead atoms. The van der Waals surface area contributed by atoms with Gasteiger partial charge in [0.1, 0.15) is 0 Å². The predicted octanol–water partition coefficient (Wildman–Crippen LogP) is 2.18. The van der Waals surface area contributed by atoms with E-state index in [-0.39, 0.29) is 35.0 Å². The van der Waals surface area contributed by atoms with Gasteiger partial charge in [-0.25, -0.2) is 4.57 Å². The lowest BCUT2D eigenvalue weighted by atomic mass is 10.0. The Morgan fingerprint density at radius 2 is 1.46 bits per heavy atom. The zero-order chi connectivity index (χ0) is 28.6. The van der Waals surface area contributed by atoms with Gasteiger partial charge < -0.3 is 35.9 Å². The molecule has 2 heterocycles. The minimum atomic E-state index is -0.489. The van der Waals surface area contributed by atoms with Crippen LogP contribution in [0.3, 0.4) is 0 Å². The van der Waals surface area contributed by atoms with Crippen molar-refractivity contribution in [2.24, 2.45) is 0 Å². The Bertz CT molecular complexity index is 1780. The maximum atomic E-state index is 13.5. The van der Waals surface area contributed by atoms with Crippen molar-refractivity contribution in [3.63, 3.8) is 0 Å². The number of carbonyl (C=O) groups is 1. The summed E-state index contributed by atoms with van der Waals surface area (Å²) in [4.78, 5) is 24.1. The van der Waals surface area contributed by atoms with E-state index in [0.29, 0.717) is 28.6 Å². The van der Waals surface area contributed by atoms with Gasteiger partial charge >= 0.3 is 0 Å². The number of hydrogen-bond donors (Lipinski definition) is 0. The van der Waals surface area contributed by atoms with E-state index < -0.39 is 4.92 Å². The number of rotatable bonds is 9. The van der Waals surface area contributed by atoms with Crippen LogP contribution in [0, 0.1) is 17.0 Å². The fourth-order valence-corrected chi connectivity index (χ4v) is 5.00. The fraction of sp³-hybridized carbons (Fsp3) is 0.200. The molecule has 0 unspecified atom stereocenters. The smallest absolute Gasteiger partial charge is 0.269 e. The molecule has 0 N–H and O–H groups in total. The highest BCUT2D eigenvalue weighted by atomic mass is 79.9. The molecule has 0 amide bonds. The molecule has 0 saturated carbocycles. The second-order valence-corrected chi connectivity index (χ2v) is 9.11. The van der Waals surface area contributed by atoms with E-state index in [2.05, 4.69) is 0 Å². The average molecular weight is 622 g/mol. The number of benzene rings is 3. The van der Waals surface area contributed by atoms with Gasteiger partial charge in [-0.3, -0.25) is 14.9 Å². The standard InChI is InChI=1S/C30H28N3O7.BrH/c1-18-31-13-12-20-14-27(39-4)28(40-5)16-23(20)30(31)29(21-8-11-25(37-2)26(15-21)38-3)32(18)17-24(34)19-6-9-22(10-7-19)33(35)36;/h6-16H,17H2,1-5H3;1H/q+1;/p-1. The first-order chi connectivity index (χ1) is 19.3. The molecule has 0 fully saturated rings. The number of non-ortho nitro benzene ring substituents is 1. The number of Topliss-reactive ketones (excluding diaryl/α,β-unsaturated/α-hetero) is 1. The fourth-order valence-electron chi connectivity index (χ4n) is 5.00. The van der Waals surface area contributed by atoms with Crippen molar-refractivity contribution in [3.05, 3.63) is 88.4 Å². The molecule has 10 nitrogen and oxygen atoms in total. The lowest BCUT2D eigenvalue weighted by Crippen LogP contribution is -3.00. The summed E-state index contributed by atoms with van der Waals surface area (Å²) in [5, 5.41) is 12.9. The van der Waals surface area contributed by atoms with Crippen molar-refractivity contribution in [3.8, 4) is 34.3 Å². The van der Waals surface area contributed by atoms with Crippen LogP contribution in [-0.2, 0) is 6.54 Å². The number of hydrogen-bond acceptors (Lipinski definition) is 7. The Morgan fingerprint density at radius 3 is 2.07 bits per heavy atom. The van der Waals surface area contributed by atoms with Crippen LogP contribution in [0.4, 0.5) is 5.69 Å². The quantitative estimate of drug-likeness (QED) is 0.107. The van der Waals surface area contributed by atoms with Crippen LogP contribution in [-0.4, -0.2) is 43.5 Å². The van der Waals surface area contributed by atoms with Crippen LogP contribution in [0.5, 0.6) is 23.0 Å². The SMILES string of the molecule is COc1ccc(-c2c3c4cc(OC)c(OC)cc4ccn3c(C)[n+]2CC(=O)c2ccc([N+](=O)[O-])cc2)cc1OC.[Br-]. The maximum absolute atomic E-state index is 13.5. The number of halogens is 1. The van der Waals surface area contributed by atoms with Crippen LogP contribution in [0.2, 0.25) is 0 Å². The van der Waals surface area contributed by atoms with E-state index in [9.17, 15) is 14.9 Å². The molecule has 3 aromatic carbocycles. The van der Waals surface area contributed by atoms with Crippen molar-refractivity contribution in [1.29, 1.82) is 0 Å². The minimum absolute atomic E-state index is 0. The van der Waals surface area contributed by atoms with Gasteiger partial charge in [-0.15, -0.1) is 0 Å². The summed E-state index contributed by atoms with van der Waals surface area (Å²) in [6.45, 7) is 1.94. The zero-order valence-corrected chi connectivity index (χ0v) is 24.7. The Kier molecular flexibility index (Phi) is 8.48. The predicted molar refractivity (Wildman–Crippen MR) is 149 cm³/mol. The van der Waals surface area contributed by atoms with E-state index >= 15 is 0 Å². The molecule has 0 aliphatic rings. The van der Waals surface area contributed by atoms with Crippen LogP contribution in [0.15, 0.2) is 66.9 Å². The van der Waals surface area contributed by atoms with Gasteiger partial charge in [-0.2, -0.15) is 4.40 Å². The number of imidazole rings is 1. The lowest BCUT2D eigenvalue weighted by molar-refractivity contribution is -0.677. The summed E-state index contributed by atoms with van der Waals surface area (Å²) in [6.07, 6.45) is 1.95. The van der Waals surface area contributed by atoms with Crippen LogP contribution in [0.1, 0.15) is 16.2 Å². The molecular formula is C30H28BrN3O7. The summed E-state index contributed by atoms with van der Waals surface area (Å²) >= 11 is 0. The Hall–Kier alpha value is -4.64. The maximum Gasteiger partial charge on any atom is 0.269 e. The van der Waals surface area contributed by atoms with Gasteiger partial charge in [0.05, 0.1) is 39.6 Å². The number of nitro benzene ring substituents is 1. The molecule has 212 valence electrons. The summed E-state index contributed by atoms with van der Waals surface area (Å²) < 4.78 is 26.2. The van der Waals surface area contributed by atoms with Crippen molar-refractivity contribution < 1.29 is 50.2 Å². The number of ether oxygens (including phenoxy) is 4. The van der Waals surface area contributed by atoms with Crippen molar-refractivity contribution >= 4 is 27.8 Å². The summed E-state index contributed by atoms with van der Waals surface area (Å²) in [5.41, 5.74) is 2.76. The van der Waals surface area contributed by atoms with Crippen LogP contribution < -0.4 is 40.5 Å². The molecule has 0 spiro atoms. The second-order valence-electron chi connectivity index (χ2n) is 9.11. The Morgan fingerprint density at radius 1 is 0.854 bits per heavy atom. The van der Waals surface area contributed by atoms with Crippen molar-refractivity contribution in [2.75, 3.05) is 28.4 Å². The number of aryl methyl sites for hydroxylation is 1. The number of ketones is 1. The summed E-state index contributed by atoms with van der Waals surface area (Å²) in [6, 6.07) is 17.1. The van der Waals surface area contributed by atoms with E-state index in [1.54, 1.807) is 28.4 Å². The highest BCUT2D eigenvalue weighted by Gasteiger charge is 2.29. The first kappa shape index (κ1) is 29.3. The lowest BCUT2D eigenvalue weighted by Gasteiger charge is -2.11. The summed E-state index contributed by atoms with van der Waals surface area (Å²) in [5.74, 6) is 2.93. The minimum Gasteiger partial charge on any atom is -1.00 e. The second kappa shape index (κ2) is 11.8. The Labute approximate surface area is 246 Å². The average Bonchev–Trinajstić information content (AvgIpc) is 3.26. The normalized spacial score (nSPS) is 10.8. The van der Waals surface area contributed by atoms with E-state index in [1.807, 2.05) is 58.5 Å². The molecular weight excluding hydrogens is 594 g/mol. The van der Waals surface area contributed by atoms with Gasteiger partial charge in [0.15, 0.2) is 40.8 Å². The van der Waals surface area contributed by atoms with Gasteiger partial charge in [0, 0.05) is 35.6 Å². The van der Waals surface area contributed by atoms with E-state index in [0.717, 1.165) is 33.4 Å². The monoisotopic (exact) mass is 621 g/mol. The first-order valence-electron chi connectivity index (χ1n) is 12.4. The van der Waals surface area contributed by atoms with Crippen molar-refractivity contribution in [2.45, 2.75) is 13.5 Å². The molecule has 0 saturated heterocycles.